The summed E-state index contributed by atoms with van der Waals surface area (Å²) in [5.41, 5.74) is 0.607. The lowest BCUT2D eigenvalue weighted by Gasteiger charge is -2.02. The minimum atomic E-state index is -2.56. The average molecular weight is 297 g/mol. The summed E-state index contributed by atoms with van der Waals surface area (Å²) in [4.78, 5) is 4.88. The smallest absolute Gasteiger partial charge is 0.263 e. The third-order valence-electron chi connectivity index (χ3n) is 2.59. The molecule has 0 aliphatic carbocycles. The van der Waals surface area contributed by atoms with Crippen LogP contribution in [0.3, 0.4) is 0 Å². The minimum Gasteiger partial charge on any atom is -0.391 e. The highest BCUT2D eigenvalue weighted by Gasteiger charge is 2.06. The minimum absolute atomic E-state index is 0.119. The van der Waals surface area contributed by atoms with Gasteiger partial charge in [-0.3, -0.25) is 0 Å². The summed E-state index contributed by atoms with van der Waals surface area (Å²) < 4.78 is 50.8. The SMILES string of the molecule is Fc1cc(F)cc(CON=Cc2cccc(C(F)F)c2)c1. The molecule has 2 rings (SSSR count). The molecule has 0 aromatic heterocycles. The molecule has 0 fully saturated rings. The fraction of sp³-hybridized carbons (Fsp3) is 0.133. The third-order valence-corrected chi connectivity index (χ3v) is 2.59. The van der Waals surface area contributed by atoms with Crippen molar-refractivity contribution in [1.82, 2.24) is 0 Å². The van der Waals surface area contributed by atoms with E-state index in [-0.39, 0.29) is 17.7 Å². The van der Waals surface area contributed by atoms with E-state index in [0.29, 0.717) is 5.56 Å². The van der Waals surface area contributed by atoms with Crippen LogP contribution >= 0.6 is 0 Å². The van der Waals surface area contributed by atoms with Crippen molar-refractivity contribution in [3.8, 4) is 0 Å². The zero-order valence-electron chi connectivity index (χ0n) is 10.8. The summed E-state index contributed by atoms with van der Waals surface area (Å²) in [5, 5.41) is 3.58. The van der Waals surface area contributed by atoms with Crippen LogP contribution in [0.15, 0.2) is 47.6 Å². The van der Waals surface area contributed by atoms with Gasteiger partial charge in [0.1, 0.15) is 18.2 Å². The molecule has 0 saturated carbocycles. The van der Waals surface area contributed by atoms with E-state index in [1.54, 1.807) is 6.07 Å². The summed E-state index contributed by atoms with van der Waals surface area (Å²) in [7, 11) is 0. The molecule has 21 heavy (non-hydrogen) atoms. The molecule has 0 heterocycles. The first kappa shape index (κ1) is 15.0. The van der Waals surface area contributed by atoms with Gasteiger partial charge in [-0.05, 0) is 29.3 Å². The molecule has 0 radical (unpaired) electrons. The van der Waals surface area contributed by atoms with Crippen molar-refractivity contribution in [2.75, 3.05) is 0 Å². The Bertz CT molecular complexity index is 623. The molecular weight excluding hydrogens is 286 g/mol. The van der Waals surface area contributed by atoms with E-state index < -0.39 is 18.1 Å². The second kappa shape index (κ2) is 6.88. The van der Waals surface area contributed by atoms with Crippen molar-refractivity contribution < 1.29 is 22.4 Å². The number of nitrogens with zero attached hydrogens (tertiary/aromatic N) is 1. The number of oxime groups is 1. The molecule has 0 unspecified atom stereocenters. The number of benzene rings is 2. The third kappa shape index (κ3) is 4.59. The largest absolute Gasteiger partial charge is 0.391 e. The van der Waals surface area contributed by atoms with Crippen LogP contribution in [-0.2, 0) is 11.4 Å². The lowest BCUT2D eigenvalue weighted by Crippen LogP contribution is -1.92. The molecule has 2 aromatic carbocycles. The number of hydrogen-bond acceptors (Lipinski definition) is 2. The van der Waals surface area contributed by atoms with Gasteiger partial charge in [0.05, 0.1) is 6.21 Å². The molecule has 0 spiro atoms. The van der Waals surface area contributed by atoms with Crippen molar-refractivity contribution in [3.63, 3.8) is 0 Å². The van der Waals surface area contributed by atoms with Gasteiger partial charge in [0.25, 0.3) is 6.43 Å². The number of hydrogen-bond donors (Lipinski definition) is 0. The molecule has 0 amide bonds. The van der Waals surface area contributed by atoms with Crippen LogP contribution in [0.5, 0.6) is 0 Å². The predicted octanol–water partition coefficient (Wildman–Crippen LogP) is 4.45. The monoisotopic (exact) mass is 297 g/mol. The fourth-order valence-electron chi connectivity index (χ4n) is 1.68. The Balaban J connectivity index is 1.95. The Kier molecular flexibility index (Phi) is 4.92. The van der Waals surface area contributed by atoms with E-state index in [9.17, 15) is 17.6 Å². The van der Waals surface area contributed by atoms with Crippen LogP contribution in [0.4, 0.5) is 17.6 Å². The van der Waals surface area contributed by atoms with Gasteiger partial charge < -0.3 is 4.84 Å². The molecule has 0 bridgehead atoms. The highest BCUT2D eigenvalue weighted by atomic mass is 19.3. The Hall–Kier alpha value is -2.37. The molecular formula is C15H11F4NO. The Morgan fingerprint density at radius 3 is 2.43 bits per heavy atom. The van der Waals surface area contributed by atoms with Gasteiger partial charge in [0.15, 0.2) is 0 Å². The van der Waals surface area contributed by atoms with Gasteiger partial charge >= 0.3 is 0 Å². The van der Waals surface area contributed by atoms with Gasteiger partial charge in [-0.2, -0.15) is 0 Å². The first-order valence-corrected chi connectivity index (χ1v) is 6.03. The average Bonchev–Trinajstić information content (AvgIpc) is 2.43. The topological polar surface area (TPSA) is 21.6 Å². The molecule has 2 aromatic rings. The molecule has 0 saturated heterocycles. The summed E-state index contributed by atoms with van der Waals surface area (Å²) >= 11 is 0. The lowest BCUT2D eigenvalue weighted by atomic mass is 10.1. The van der Waals surface area contributed by atoms with Crippen molar-refractivity contribution in [2.24, 2.45) is 5.16 Å². The van der Waals surface area contributed by atoms with Gasteiger partial charge in [-0.15, -0.1) is 0 Å². The standard InChI is InChI=1S/C15H11F4NO/c16-13-5-11(6-14(17)7-13)9-21-20-8-10-2-1-3-12(4-10)15(18)19/h1-8,15H,9H2. The van der Waals surface area contributed by atoms with Crippen molar-refractivity contribution in [3.05, 3.63) is 70.8 Å². The quantitative estimate of drug-likeness (QED) is 0.454. The van der Waals surface area contributed by atoms with Crippen LogP contribution in [0.25, 0.3) is 0 Å². The zero-order valence-corrected chi connectivity index (χ0v) is 10.8. The van der Waals surface area contributed by atoms with Crippen molar-refractivity contribution >= 4 is 6.21 Å². The highest BCUT2D eigenvalue weighted by molar-refractivity contribution is 5.79. The number of rotatable bonds is 5. The molecule has 6 heteroatoms. The second-order valence-corrected chi connectivity index (χ2v) is 4.26. The van der Waals surface area contributed by atoms with Crippen LogP contribution in [0.2, 0.25) is 0 Å². The zero-order chi connectivity index (χ0) is 15.2. The predicted molar refractivity (Wildman–Crippen MR) is 70.1 cm³/mol. The fourth-order valence-corrected chi connectivity index (χ4v) is 1.68. The maximum Gasteiger partial charge on any atom is 0.263 e. The van der Waals surface area contributed by atoms with Gasteiger partial charge in [-0.1, -0.05) is 23.4 Å². The molecule has 0 aliphatic rings. The van der Waals surface area contributed by atoms with E-state index in [1.807, 2.05) is 0 Å². The van der Waals surface area contributed by atoms with Gasteiger partial charge in [0.2, 0.25) is 0 Å². The summed E-state index contributed by atoms with van der Waals surface area (Å²) in [6.07, 6.45) is -1.31. The van der Waals surface area contributed by atoms with E-state index in [4.69, 9.17) is 4.84 Å². The van der Waals surface area contributed by atoms with E-state index in [2.05, 4.69) is 5.16 Å². The Morgan fingerprint density at radius 1 is 1.05 bits per heavy atom. The van der Waals surface area contributed by atoms with Crippen LogP contribution in [-0.4, -0.2) is 6.21 Å². The second-order valence-electron chi connectivity index (χ2n) is 4.26. The maximum atomic E-state index is 12.9. The normalized spacial score (nSPS) is 11.3. The maximum absolute atomic E-state index is 12.9. The Labute approximate surface area is 118 Å². The molecule has 2 nitrogen and oxygen atoms in total. The van der Waals surface area contributed by atoms with Gasteiger partial charge in [-0.25, -0.2) is 17.6 Å². The first-order chi connectivity index (χ1) is 10.0. The first-order valence-electron chi connectivity index (χ1n) is 6.03. The molecule has 0 aliphatic heterocycles. The van der Waals surface area contributed by atoms with Crippen LogP contribution < -0.4 is 0 Å². The van der Waals surface area contributed by atoms with Crippen molar-refractivity contribution in [1.29, 1.82) is 0 Å². The lowest BCUT2D eigenvalue weighted by molar-refractivity contribution is 0.131. The summed E-state index contributed by atoms with van der Waals surface area (Å²) in [6, 6.07) is 8.64. The highest BCUT2D eigenvalue weighted by Crippen LogP contribution is 2.18. The number of alkyl halides is 2. The van der Waals surface area contributed by atoms with Gasteiger partial charge in [0, 0.05) is 11.6 Å². The number of halogens is 4. The summed E-state index contributed by atoms with van der Waals surface area (Å²) in [5.74, 6) is -1.41. The van der Waals surface area contributed by atoms with Crippen molar-refractivity contribution in [2.45, 2.75) is 13.0 Å². The summed E-state index contributed by atoms with van der Waals surface area (Å²) in [6.45, 7) is -0.125. The van der Waals surface area contributed by atoms with E-state index in [0.717, 1.165) is 18.2 Å². The molecule has 0 N–H and O–H groups in total. The Morgan fingerprint density at radius 2 is 1.76 bits per heavy atom. The van der Waals surface area contributed by atoms with E-state index in [1.165, 1.54) is 24.4 Å². The van der Waals surface area contributed by atoms with Crippen LogP contribution in [0, 0.1) is 11.6 Å². The van der Waals surface area contributed by atoms with Crippen LogP contribution in [0.1, 0.15) is 23.1 Å². The molecule has 0 atom stereocenters. The van der Waals surface area contributed by atoms with E-state index >= 15 is 0 Å². The molecule has 110 valence electrons.